The number of carbonyl (C=O) groups is 4. The van der Waals surface area contributed by atoms with Gasteiger partial charge >= 0.3 is 5.94 Å². The fourth-order valence-corrected chi connectivity index (χ4v) is 10.4. The molecule has 0 bridgehead atoms. The number of aldehydes is 2. The Labute approximate surface area is 435 Å². The number of fused-ring (bicyclic) bond motifs is 5. The zero-order valence-electron chi connectivity index (χ0n) is 41.3. The average molecular weight is 1070 g/mol. The first-order valence-electron chi connectivity index (χ1n) is 23.8. The molecule has 0 radical (unpaired) electrons. The second-order valence-corrected chi connectivity index (χ2v) is 18.7. The van der Waals surface area contributed by atoms with E-state index in [1.54, 1.807) is 40.2 Å². The third kappa shape index (κ3) is 10.3. The minimum Gasteiger partial charge on any atom is -0.514 e. The molecule has 3 aliphatic rings. The summed E-state index contributed by atoms with van der Waals surface area (Å²) in [5.41, 5.74) is 6.36. The van der Waals surface area contributed by atoms with Crippen molar-refractivity contribution in [2.75, 3.05) is 14.2 Å². The first-order valence-corrected chi connectivity index (χ1v) is 24.7. The van der Waals surface area contributed by atoms with Crippen LogP contribution in [0.5, 0.6) is 40.2 Å². The number of aliphatic hydroxyl groups is 2. The molecule has 0 fully saturated rings. The van der Waals surface area contributed by atoms with Crippen LogP contribution in [0.4, 0.5) is 0 Å². The second-order valence-electron chi connectivity index (χ2n) is 18.0. The number of carbonyl (C=O) groups excluding carboxylic acids is 4. The van der Waals surface area contributed by atoms with E-state index >= 15 is 0 Å². The predicted molar refractivity (Wildman–Crippen MR) is 280 cm³/mol. The summed E-state index contributed by atoms with van der Waals surface area (Å²) in [6, 6.07) is 25.9. The molecule has 0 spiro atoms. The van der Waals surface area contributed by atoms with Crippen molar-refractivity contribution in [3.63, 3.8) is 0 Å². The summed E-state index contributed by atoms with van der Waals surface area (Å²) in [4.78, 5) is 48.7. The lowest BCUT2D eigenvalue weighted by atomic mass is 9.80. The largest absolute Gasteiger partial charge is 0.678 e. The van der Waals surface area contributed by atoms with Crippen molar-refractivity contribution in [3.05, 3.63) is 157 Å². The molecule has 7 aromatic rings. The SMILES string of the molecule is BrB1Oc2ccccc2O1.COc1ccc(CO[C@H]2CCC(=O)c3c2c(CO)c2cc(C)c(C=O)c(C)c2c3O)cc1.COc1ccc(CO[C@H]2CCC(=O)c3c2c(CO)c2cc(C)c(C=O)c(O)c2c3O)cc1. The maximum absolute atomic E-state index is 12.9. The first-order chi connectivity index (χ1) is 35.7. The molecule has 0 amide bonds. The Balaban J connectivity index is 0.000000165. The first kappa shape index (κ1) is 53.0. The van der Waals surface area contributed by atoms with Crippen molar-refractivity contribution in [1.29, 1.82) is 0 Å². The van der Waals surface area contributed by atoms with Gasteiger partial charge in [-0.05, 0) is 142 Å². The molecule has 0 unspecified atom stereocenters. The monoisotopic (exact) mass is 1070 g/mol. The lowest BCUT2D eigenvalue weighted by Gasteiger charge is -2.30. The van der Waals surface area contributed by atoms with Gasteiger partial charge in [-0.1, -0.05) is 42.5 Å². The minimum absolute atomic E-state index is 0.00958. The number of aromatic hydroxyl groups is 3. The molecule has 0 saturated heterocycles. The van der Waals surface area contributed by atoms with Crippen LogP contribution in [0.1, 0.15) is 129 Å². The molecule has 2 aliphatic carbocycles. The molecule has 17 heteroatoms. The molecule has 74 heavy (non-hydrogen) atoms. The summed E-state index contributed by atoms with van der Waals surface area (Å²) in [5.74, 6) is 1.33. The van der Waals surface area contributed by atoms with E-state index < -0.39 is 30.3 Å². The smallest absolute Gasteiger partial charge is 0.514 e. The van der Waals surface area contributed by atoms with Crippen molar-refractivity contribution in [3.8, 4) is 40.2 Å². The molecule has 5 N–H and O–H groups in total. The number of methoxy groups -OCH3 is 2. The van der Waals surface area contributed by atoms with E-state index in [2.05, 4.69) is 15.8 Å². The number of ketones is 2. The van der Waals surface area contributed by atoms with Crippen molar-refractivity contribution in [2.45, 2.75) is 85.1 Å². The highest BCUT2D eigenvalue weighted by Crippen LogP contribution is 2.49. The number of benzene rings is 7. The van der Waals surface area contributed by atoms with Gasteiger partial charge in [-0.2, -0.15) is 0 Å². The number of aliphatic hydroxyl groups excluding tert-OH is 2. The predicted octanol–water partition coefficient (Wildman–Crippen LogP) is 10.7. The molecule has 10 rings (SSSR count). The number of rotatable bonds is 12. The third-order valence-electron chi connectivity index (χ3n) is 13.7. The molecule has 7 aromatic carbocycles. The van der Waals surface area contributed by atoms with Gasteiger partial charge < -0.3 is 53.8 Å². The van der Waals surface area contributed by atoms with Gasteiger partial charge in [0.25, 0.3) is 0 Å². The van der Waals surface area contributed by atoms with Crippen LogP contribution in [0.3, 0.4) is 0 Å². The number of ether oxygens (including phenoxy) is 4. The van der Waals surface area contributed by atoms with E-state index in [9.17, 15) is 44.7 Å². The summed E-state index contributed by atoms with van der Waals surface area (Å²) in [6.45, 7) is 5.06. The van der Waals surface area contributed by atoms with E-state index in [1.165, 1.54) is 0 Å². The van der Waals surface area contributed by atoms with Crippen LogP contribution in [0.2, 0.25) is 0 Å². The summed E-state index contributed by atoms with van der Waals surface area (Å²) < 4.78 is 33.1. The van der Waals surface area contributed by atoms with Crippen LogP contribution in [-0.2, 0) is 35.9 Å². The van der Waals surface area contributed by atoms with E-state index in [-0.39, 0.29) is 71.4 Å². The normalized spacial score (nSPS) is 15.4. The Hall–Kier alpha value is -7.28. The zero-order chi connectivity index (χ0) is 53.0. The fourth-order valence-electron chi connectivity index (χ4n) is 9.98. The van der Waals surface area contributed by atoms with Crippen molar-refractivity contribution in [2.24, 2.45) is 0 Å². The van der Waals surface area contributed by atoms with Crippen molar-refractivity contribution >= 4 is 67.4 Å². The quantitative estimate of drug-likeness (QED) is 0.0567. The summed E-state index contributed by atoms with van der Waals surface area (Å²) in [6.07, 6.45) is 1.52. The van der Waals surface area contributed by atoms with E-state index in [1.807, 2.05) is 79.7 Å². The Morgan fingerprint density at radius 3 is 1.46 bits per heavy atom. The molecule has 1 aliphatic heterocycles. The number of aryl methyl sites for hydroxylation is 3. The third-order valence-corrected chi connectivity index (χ3v) is 14.1. The topological polar surface area (TPSA) is 225 Å². The molecule has 0 aromatic heterocycles. The number of Topliss-reactive ketones (excluding diaryl/α,β-unsaturated/α-hetero) is 2. The van der Waals surface area contributed by atoms with Gasteiger partial charge in [-0.3, -0.25) is 19.2 Å². The summed E-state index contributed by atoms with van der Waals surface area (Å²) in [5, 5.41) is 54.8. The second kappa shape index (κ2) is 22.9. The lowest BCUT2D eigenvalue weighted by Crippen LogP contribution is -2.21. The average Bonchev–Trinajstić information content (AvgIpc) is 3.79. The number of hydrogen-bond acceptors (Lipinski definition) is 15. The fraction of sp³-hybridized carbons (Fsp3) is 0.263. The van der Waals surface area contributed by atoms with Crippen LogP contribution < -0.4 is 18.8 Å². The number of para-hydroxylation sites is 2. The van der Waals surface area contributed by atoms with Crippen LogP contribution in [0.15, 0.2) is 84.9 Å². The highest BCUT2D eigenvalue weighted by molar-refractivity contribution is 9.24. The highest BCUT2D eigenvalue weighted by atomic mass is 79.9. The van der Waals surface area contributed by atoms with Gasteiger partial charge in [0, 0.05) is 34.9 Å². The maximum atomic E-state index is 12.9. The Bertz CT molecular complexity index is 3080. The Morgan fingerprint density at radius 2 is 1.04 bits per heavy atom. The summed E-state index contributed by atoms with van der Waals surface area (Å²) >= 11 is 3.17. The van der Waals surface area contributed by atoms with E-state index in [0.717, 1.165) is 46.0 Å². The molecule has 382 valence electrons. The van der Waals surface area contributed by atoms with Gasteiger partial charge in [-0.15, -0.1) is 0 Å². The van der Waals surface area contributed by atoms with Gasteiger partial charge in [-0.25, -0.2) is 0 Å². The zero-order valence-corrected chi connectivity index (χ0v) is 42.9. The number of phenols is 3. The molecule has 15 nitrogen and oxygen atoms in total. The number of phenolic OH excluding ortho intramolecular Hbond substituents is 3. The Morgan fingerprint density at radius 1 is 0.622 bits per heavy atom. The lowest BCUT2D eigenvalue weighted by molar-refractivity contribution is 0.0264. The molecule has 0 saturated carbocycles. The standard InChI is InChI=1S/C26H26O6.C25H24O7.C6H4BBrO2/c1-14-10-18-20(12-28)24-22(32-13-16-4-6-17(31-3)7-5-16)9-8-21(29)25(24)26(30)23(18)15(2)19(14)11-27;1-13-9-16-18(11-27)21-20(32-12-14-3-5-15(31-2)6-4-14)8-7-19(28)23(21)25(30)22(16)24(29)17(13)10-26;8-7-9-5-3-1-2-4-6(5)10-7/h4-7,10-11,22,28,30H,8-9,12-13H2,1-3H3;3-6,9-10,20,27,29-30H,7-8,11-12H2,1-2H3;1-4H/t22-;20-;/m00./s1. The maximum Gasteiger partial charge on any atom is 0.678 e. The van der Waals surface area contributed by atoms with Gasteiger partial charge in [0.2, 0.25) is 0 Å². The van der Waals surface area contributed by atoms with E-state index in [0.29, 0.717) is 80.8 Å². The van der Waals surface area contributed by atoms with Crippen LogP contribution in [-0.4, -0.2) is 69.8 Å². The minimum atomic E-state index is -0.532. The highest BCUT2D eigenvalue weighted by Gasteiger charge is 2.36. The molecular formula is C57H54BBrO15. The van der Waals surface area contributed by atoms with Gasteiger partial charge in [0.1, 0.15) is 40.2 Å². The van der Waals surface area contributed by atoms with E-state index in [4.69, 9.17) is 28.3 Å². The van der Waals surface area contributed by atoms with Crippen LogP contribution in [0.25, 0.3) is 21.5 Å². The van der Waals surface area contributed by atoms with Crippen molar-refractivity contribution in [1.82, 2.24) is 0 Å². The van der Waals surface area contributed by atoms with Gasteiger partial charge in [0.05, 0.1) is 74.9 Å². The summed E-state index contributed by atoms with van der Waals surface area (Å²) in [7, 11) is 3.20. The van der Waals surface area contributed by atoms with Gasteiger partial charge in [0.15, 0.2) is 24.1 Å². The molecular weight excluding hydrogens is 1020 g/mol. The molecule has 1 heterocycles. The van der Waals surface area contributed by atoms with Crippen LogP contribution >= 0.6 is 15.8 Å². The Kier molecular flexibility index (Phi) is 16.4. The van der Waals surface area contributed by atoms with Crippen molar-refractivity contribution < 1.29 is 73.0 Å². The van der Waals surface area contributed by atoms with Crippen LogP contribution in [0, 0.1) is 20.8 Å². The number of hydrogen-bond donors (Lipinski definition) is 5. The number of halogens is 1. The molecule has 2 atom stereocenters.